The van der Waals surface area contributed by atoms with Crippen molar-refractivity contribution in [3.05, 3.63) is 53.0 Å². The van der Waals surface area contributed by atoms with Gasteiger partial charge in [0.2, 0.25) is 16.9 Å². The lowest BCUT2D eigenvalue weighted by molar-refractivity contribution is -0.125. The number of aromatic nitrogens is 2. The number of fused-ring (bicyclic) bond motifs is 1. The molecule has 1 aromatic heterocycles. The Morgan fingerprint density at radius 1 is 1.12 bits per heavy atom. The zero-order chi connectivity index (χ0) is 18.5. The Balaban J connectivity index is 1.60. The molecule has 0 radical (unpaired) electrons. The van der Waals surface area contributed by atoms with Gasteiger partial charge in [0.05, 0.1) is 6.42 Å². The lowest BCUT2D eigenvalue weighted by Gasteiger charge is -2.13. The molecule has 0 spiro atoms. The van der Waals surface area contributed by atoms with E-state index in [1.807, 2.05) is 49.4 Å². The molecule has 0 saturated carbocycles. The first kappa shape index (κ1) is 18.0. The zero-order valence-electron chi connectivity index (χ0n) is 14.7. The standard InChI is InChI=1S/C19H20N4O2S/c1-3-17-22-23-19(26-17)21-18(25)12(2)20-16(24)11-14-9-6-8-13-7-4-5-10-15(13)14/h4-10,12H,3,11H2,1-2H3,(H,20,24)(H,21,23,25)/t12-/m0/s1. The van der Waals surface area contributed by atoms with Gasteiger partial charge in [0.15, 0.2) is 0 Å². The van der Waals surface area contributed by atoms with E-state index in [-0.39, 0.29) is 18.2 Å². The van der Waals surface area contributed by atoms with Gasteiger partial charge in [-0.2, -0.15) is 0 Å². The van der Waals surface area contributed by atoms with Gasteiger partial charge in [0.25, 0.3) is 0 Å². The number of hydrogen-bond donors (Lipinski definition) is 2. The molecule has 0 bridgehead atoms. The van der Waals surface area contributed by atoms with E-state index in [0.29, 0.717) is 5.13 Å². The van der Waals surface area contributed by atoms with Crippen LogP contribution in [0.25, 0.3) is 10.8 Å². The fourth-order valence-corrected chi connectivity index (χ4v) is 3.32. The zero-order valence-corrected chi connectivity index (χ0v) is 15.5. The summed E-state index contributed by atoms with van der Waals surface area (Å²) in [6.45, 7) is 3.63. The summed E-state index contributed by atoms with van der Waals surface area (Å²) in [5.74, 6) is -0.509. The van der Waals surface area contributed by atoms with Crippen LogP contribution >= 0.6 is 11.3 Å². The van der Waals surface area contributed by atoms with Crippen LogP contribution in [0.4, 0.5) is 5.13 Å². The van der Waals surface area contributed by atoms with Crippen LogP contribution in [0, 0.1) is 0 Å². The third-order valence-corrected chi connectivity index (χ3v) is 4.98. The second kappa shape index (κ2) is 8.05. The second-order valence-electron chi connectivity index (χ2n) is 5.95. The smallest absolute Gasteiger partial charge is 0.248 e. The number of rotatable bonds is 6. The van der Waals surface area contributed by atoms with Gasteiger partial charge in [0.1, 0.15) is 11.0 Å². The number of carbonyl (C=O) groups excluding carboxylic acids is 2. The molecule has 0 fully saturated rings. The first-order valence-corrected chi connectivity index (χ1v) is 9.27. The third-order valence-electron chi connectivity index (χ3n) is 4.00. The molecule has 0 aliphatic rings. The maximum Gasteiger partial charge on any atom is 0.248 e. The summed E-state index contributed by atoms with van der Waals surface area (Å²) in [6.07, 6.45) is 0.989. The Labute approximate surface area is 155 Å². The number of anilines is 1. The maximum atomic E-state index is 12.4. The summed E-state index contributed by atoms with van der Waals surface area (Å²) < 4.78 is 0. The summed E-state index contributed by atoms with van der Waals surface area (Å²) in [7, 11) is 0. The number of nitrogens with zero attached hydrogens (tertiary/aromatic N) is 2. The van der Waals surface area contributed by atoms with Gasteiger partial charge in [-0.3, -0.25) is 14.9 Å². The molecule has 0 unspecified atom stereocenters. The highest BCUT2D eigenvalue weighted by molar-refractivity contribution is 7.15. The lowest BCUT2D eigenvalue weighted by Crippen LogP contribution is -2.42. The highest BCUT2D eigenvalue weighted by Gasteiger charge is 2.18. The third kappa shape index (κ3) is 4.23. The molecule has 6 nitrogen and oxygen atoms in total. The van der Waals surface area contributed by atoms with Crippen LogP contribution in [0.15, 0.2) is 42.5 Å². The van der Waals surface area contributed by atoms with Crippen molar-refractivity contribution < 1.29 is 9.59 Å². The van der Waals surface area contributed by atoms with Gasteiger partial charge < -0.3 is 5.32 Å². The Hall–Kier alpha value is -2.80. The SMILES string of the molecule is CCc1nnc(NC(=O)[C@H](C)NC(=O)Cc2cccc3ccccc23)s1. The van der Waals surface area contributed by atoms with Crippen molar-refractivity contribution in [2.45, 2.75) is 32.7 Å². The van der Waals surface area contributed by atoms with Crippen molar-refractivity contribution >= 4 is 39.1 Å². The van der Waals surface area contributed by atoms with E-state index in [2.05, 4.69) is 20.8 Å². The highest BCUT2D eigenvalue weighted by Crippen LogP contribution is 2.19. The fourth-order valence-electron chi connectivity index (χ4n) is 2.64. The van der Waals surface area contributed by atoms with Crippen molar-refractivity contribution in [3.63, 3.8) is 0 Å². The molecule has 26 heavy (non-hydrogen) atoms. The van der Waals surface area contributed by atoms with E-state index in [4.69, 9.17) is 0 Å². The minimum atomic E-state index is -0.661. The van der Waals surface area contributed by atoms with Crippen LogP contribution in [0.1, 0.15) is 24.4 Å². The Kier molecular flexibility index (Phi) is 5.58. The first-order valence-electron chi connectivity index (χ1n) is 8.46. The minimum Gasteiger partial charge on any atom is -0.344 e. The summed E-state index contributed by atoms with van der Waals surface area (Å²) in [6, 6.07) is 13.1. The summed E-state index contributed by atoms with van der Waals surface area (Å²) in [5.41, 5.74) is 0.935. The van der Waals surface area contributed by atoms with Gasteiger partial charge in [-0.1, -0.05) is 60.7 Å². The summed E-state index contributed by atoms with van der Waals surface area (Å²) >= 11 is 1.33. The van der Waals surface area contributed by atoms with Gasteiger partial charge in [-0.15, -0.1) is 10.2 Å². The van der Waals surface area contributed by atoms with Gasteiger partial charge in [-0.25, -0.2) is 0 Å². The van der Waals surface area contributed by atoms with Crippen molar-refractivity contribution in [1.29, 1.82) is 0 Å². The number of aryl methyl sites for hydroxylation is 1. The quantitative estimate of drug-likeness (QED) is 0.701. The van der Waals surface area contributed by atoms with E-state index >= 15 is 0 Å². The fraction of sp³-hybridized carbons (Fsp3) is 0.263. The average molecular weight is 368 g/mol. The number of hydrogen-bond acceptors (Lipinski definition) is 5. The van der Waals surface area contributed by atoms with Gasteiger partial charge in [-0.05, 0) is 29.7 Å². The molecular formula is C19H20N4O2S. The van der Waals surface area contributed by atoms with E-state index in [0.717, 1.165) is 27.8 Å². The van der Waals surface area contributed by atoms with Crippen molar-refractivity contribution in [1.82, 2.24) is 15.5 Å². The van der Waals surface area contributed by atoms with Crippen molar-refractivity contribution in [3.8, 4) is 0 Å². The maximum absolute atomic E-state index is 12.4. The molecular weight excluding hydrogens is 348 g/mol. The largest absolute Gasteiger partial charge is 0.344 e. The van der Waals surface area contributed by atoms with Crippen LogP contribution in [0.3, 0.4) is 0 Å². The van der Waals surface area contributed by atoms with Crippen molar-refractivity contribution in [2.75, 3.05) is 5.32 Å². The van der Waals surface area contributed by atoms with E-state index in [1.54, 1.807) is 6.92 Å². The van der Waals surface area contributed by atoms with Crippen LogP contribution in [-0.2, 0) is 22.4 Å². The predicted molar refractivity (Wildman–Crippen MR) is 103 cm³/mol. The minimum absolute atomic E-state index is 0.199. The average Bonchev–Trinajstić information content (AvgIpc) is 3.09. The predicted octanol–water partition coefficient (Wildman–Crippen LogP) is 2.94. The topological polar surface area (TPSA) is 84.0 Å². The van der Waals surface area contributed by atoms with Gasteiger partial charge >= 0.3 is 0 Å². The van der Waals surface area contributed by atoms with Crippen LogP contribution in [-0.4, -0.2) is 28.1 Å². The number of benzene rings is 2. The Morgan fingerprint density at radius 2 is 1.88 bits per heavy atom. The molecule has 3 aromatic rings. The first-order chi connectivity index (χ1) is 12.6. The molecule has 0 aliphatic heterocycles. The number of carbonyl (C=O) groups is 2. The molecule has 3 rings (SSSR count). The molecule has 2 amide bonds. The van der Waals surface area contributed by atoms with E-state index in [9.17, 15) is 9.59 Å². The molecule has 2 N–H and O–H groups in total. The Morgan fingerprint density at radius 3 is 2.65 bits per heavy atom. The number of amides is 2. The lowest BCUT2D eigenvalue weighted by atomic mass is 10.0. The molecule has 0 saturated heterocycles. The molecule has 2 aromatic carbocycles. The molecule has 0 aliphatic carbocycles. The number of nitrogens with one attached hydrogen (secondary N) is 2. The second-order valence-corrected chi connectivity index (χ2v) is 7.01. The van der Waals surface area contributed by atoms with Crippen LogP contribution in [0.5, 0.6) is 0 Å². The molecule has 134 valence electrons. The normalized spacial score (nSPS) is 11.9. The molecule has 1 heterocycles. The highest BCUT2D eigenvalue weighted by atomic mass is 32.1. The molecule has 1 atom stereocenters. The Bertz CT molecular complexity index is 933. The summed E-state index contributed by atoms with van der Waals surface area (Å²) in [5, 5.41) is 16.7. The monoisotopic (exact) mass is 368 g/mol. The van der Waals surface area contributed by atoms with Crippen molar-refractivity contribution in [2.24, 2.45) is 0 Å². The van der Waals surface area contributed by atoms with Crippen LogP contribution in [0.2, 0.25) is 0 Å². The summed E-state index contributed by atoms with van der Waals surface area (Å²) in [4.78, 5) is 24.6. The van der Waals surface area contributed by atoms with E-state index < -0.39 is 6.04 Å². The van der Waals surface area contributed by atoms with E-state index in [1.165, 1.54) is 11.3 Å². The van der Waals surface area contributed by atoms with Gasteiger partial charge in [0, 0.05) is 0 Å². The molecule has 7 heteroatoms. The van der Waals surface area contributed by atoms with Crippen LogP contribution < -0.4 is 10.6 Å².